The van der Waals surface area contributed by atoms with Crippen molar-refractivity contribution < 1.29 is 22.7 Å². The first-order chi connectivity index (χ1) is 17.9. The van der Waals surface area contributed by atoms with Gasteiger partial charge in [-0.05, 0) is 64.8 Å². The largest absolute Gasteiger partial charge is 0.493 e. The van der Waals surface area contributed by atoms with Gasteiger partial charge in [-0.25, -0.2) is 13.4 Å². The maximum Gasteiger partial charge on any atom is 0.254 e. The molecule has 0 unspecified atom stereocenters. The summed E-state index contributed by atoms with van der Waals surface area (Å²) < 4.78 is 39.6. The Hall–Kier alpha value is -3.42. The molecule has 10 heteroatoms. The summed E-state index contributed by atoms with van der Waals surface area (Å²) in [5.74, 6) is 1.24. The first-order valence-electron chi connectivity index (χ1n) is 12.7. The minimum Gasteiger partial charge on any atom is -0.493 e. The van der Waals surface area contributed by atoms with Gasteiger partial charge < -0.3 is 9.47 Å². The number of carbonyl (C=O) groups excluding carboxylic acids is 1. The number of piperidine rings is 1. The van der Waals surface area contributed by atoms with Gasteiger partial charge in [-0.3, -0.25) is 4.79 Å². The van der Waals surface area contributed by atoms with Gasteiger partial charge in [-0.2, -0.15) is 14.7 Å². The predicted molar refractivity (Wildman–Crippen MR) is 142 cm³/mol. The summed E-state index contributed by atoms with van der Waals surface area (Å²) in [6.07, 6.45) is 1.56. The Kier molecular flexibility index (Phi) is 6.27. The van der Waals surface area contributed by atoms with Crippen LogP contribution in [0, 0.1) is 16.7 Å². The van der Waals surface area contributed by atoms with Crippen molar-refractivity contribution >= 4 is 21.6 Å². The average Bonchev–Trinajstić information content (AvgIpc) is 3.35. The summed E-state index contributed by atoms with van der Waals surface area (Å²) in [5.41, 5.74) is 1.40. The number of nitriles is 1. The van der Waals surface area contributed by atoms with E-state index < -0.39 is 21.0 Å². The van der Waals surface area contributed by atoms with Crippen LogP contribution in [0.3, 0.4) is 0 Å². The van der Waals surface area contributed by atoms with Gasteiger partial charge in [0.05, 0.1) is 34.7 Å². The molecule has 3 aliphatic heterocycles. The van der Waals surface area contributed by atoms with E-state index >= 15 is 0 Å². The zero-order valence-corrected chi connectivity index (χ0v) is 23.1. The zero-order chi connectivity index (χ0) is 27.5. The van der Waals surface area contributed by atoms with Gasteiger partial charge in [0.2, 0.25) is 10.0 Å². The number of rotatable bonds is 5. The number of hydrogen-bond acceptors (Lipinski definition) is 7. The molecule has 0 aliphatic carbocycles. The van der Waals surface area contributed by atoms with Gasteiger partial charge in [0.15, 0.2) is 11.5 Å². The molecule has 1 fully saturated rings. The lowest BCUT2D eigenvalue weighted by atomic mass is 9.80. The van der Waals surface area contributed by atoms with Crippen LogP contribution >= 0.6 is 0 Å². The molecule has 0 radical (unpaired) electrons. The van der Waals surface area contributed by atoms with E-state index in [0.29, 0.717) is 36.5 Å². The molecular weight excluding hydrogens is 504 g/mol. The third-order valence-electron chi connectivity index (χ3n) is 7.62. The Labute approximate surface area is 223 Å². The number of methoxy groups -OCH3 is 1. The van der Waals surface area contributed by atoms with Crippen LogP contribution in [-0.2, 0) is 21.2 Å². The fourth-order valence-corrected chi connectivity index (χ4v) is 7.18. The Bertz CT molecular complexity index is 1480. The highest BCUT2D eigenvalue weighted by atomic mass is 32.2. The average molecular weight is 537 g/mol. The summed E-state index contributed by atoms with van der Waals surface area (Å²) in [6.45, 7) is 8.27. The third kappa shape index (κ3) is 4.14. The smallest absolute Gasteiger partial charge is 0.254 e. The molecule has 200 valence electrons. The molecule has 1 saturated heterocycles. The van der Waals surface area contributed by atoms with Crippen LogP contribution in [0.1, 0.15) is 57.2 Å². The van der Waals surface area contributed by atoms with Crippen LogP contribution in [0.5, 0.6) is 11.5 Å². The van der Waals surface area contributed by atoms with Gasteiger partial charge in [0.25, 0.3) is 5.91 Å². The molecule has 2 aromatic rings. The molecule has 0 atom stereocenters. The molecular formula is C28H32N4O5S. The number of hydrogen-bond donors (Lipinski definition) is 0. The predicted octanol–water partition coefficient (Wildman–Crippen LogP) is 3.71. The summed E-state index contributed by atoms with van der Waals surface area (Å²) >= 11 is 0. The standard InChI is InChI=1S/C28H32N4O5S/c1-27(2)16-21-20(10-11-22(36-5)24(21)37-27)25-28(3,4)26(33)32(30-25)19-12-14-31(15-13-19)38(34,35)23-9-7-6-8-18(23)17-29/h6-11,19H,12-16H2,1-5H3. The molecule has 3 aliphatic rings. The number of amides is 1. The Balaban J connectivity index is 1.41. The highest BCUT2D eigenvalue weighted by Gasteiger charge is 2.49. The van der Waals surface area contributed by atoms with Crippen molar-refractivity contribution in [3.05, 3.63) is 53.1 Å². The third-order valence-corrected chi connectivity index (χ3v) is 9.57. The lowest BCUT2D eigenvalue weighted by molar-refractivity contribution is -0.137. The van der Waals surface area contributed by atoms with Crippen LogP contribution in [0.4, 0.5) is 0 Å². The first kappa shape index (κ1) is 26.2. The Morgan fingerprint density at radius 2 is 1.79 bits per heavy atom. The van der Waals surface area contributed by atoms with E-state index in [2.05, 4.69) is 0 Å². The zero-order valence-electron chi connectivity index (χ0n) is 22.3. The Morgan fingerprint density at radius 3 is 2.45 bits per heavy atom. The summed E-state index contributed by atoms with van der Waals surface area (Å²) in [6, 6.07) is 11.8. The molecule has 0 saturated carbocycles. The van der Waals surface area contributed by atoms with Crippen LogP contribution in [0.2, 0.25) is 0 Å². The number of benzene rings is 2. The van der Waals surface area contributed by atoms with Crippen molar-refractivity contribution in [2.75, 3.05) is 20.2 Å². The van der Waals surface area contributed by atoms with E-state index in [-0.39, 0.29) is 35.5 Å². The van der Waals surface area contributed by atoms with Gasteiger partial charge in [-0.1, -0.05) is 12.1 Å². The monoisotopic (exact) mass is 536 g/mol. The van der Waals surface area contributed by atoms with Gasteiger partial charge in [0.1, 0.15) is 11.7 Å². The lowest BCUT2D eigenvalue weighted by Gasteiger charge is -2.35. The number of nitrogens with zero attached hydrogens (tertiary/aromatic N) is 4. The van der Waals surface area contributed by atoms with E-state index in [0.717, 1.165) is 11.1 Å². The van der Waals surface area contributed by atoms with Crippen molar-refractivity contribution in [1.82, 2.24) is 9.31 Å². The van der Waals surface area contributed by atoms with Crippen molar-refractivity contribution in [3.8, 4) is 17.6 Å². The summed E-state index contributed by atoms with van der Waals surface area (Å²) in [7, 11) is -2.21. The SMILES string of the molecule is COc1ccc(C2=NN(C3CCN(S(=O)(=O)c4ccccc4C#N)CC3)C(=O)C2(C)C)c2c1OC(C)(C)C2. The quantitative estimate of drug-likeness (QED) is 0.576. The van der Waals surface area contributed by atoms with Crippen molar-refractivity contribution in [1.29, 1.82) is 5.26 Å². The van der Waals surface area contributed by atoms with Crippen LogP contribution in [0.15, 0.2) is 46.4 Å². The van der Waals surface area contributed by atoms with Gasteiger partial charge >= 0.3 is 0 Å². The minimum atomic E-state index is -3.82. The van der Waals surface area contributed by atoms with Crippen LogP contribution in [0.25, 0.3) is 0 Å². The maximum atomic E-state index is 13.6. The Morgan fingerprint density at radius 1 is 1.11 bits per heavy atom. The maximum absolute atomic E-state index is 13.6. The number of sulfonamides is 1. The number of ether oxygens (including phenoxy) is 2. The number of carbonyl (C=O) groups is 1. The molecule has 5 rings (SSSR count). The molecule has 0 N–H and O–H groups in total. The highest BCUT2D eigenvalue weighted by molar-refractivity contribution is 7.89. The molecule has 1 amide bonds. The number of hydrazone groups is 1. The van der Waals surface area contributed by atoms with Gasteiger partial charge in [0, 0.05) is 30.6 Å². The summed E-state index contributed by atoms with van der Waals surface area (Å²) in [5, 5.41) is 15.8. The first-order valence-corrected chi connectivity index (χ1v) is 14.2. The normalized spacial score (nSPS) is 21.0. The second kappa shape index (κ2) is 9.10. The molecule has 38 heavy (non-hydrogen) atoms. The van der Waals surface area contributed by atoms with Crippen molar-refractivity contribution in [2.45, 2.75) is 63.5 Å². The second-order valence-corrected chi connectivity index (χ2v) is 13.0. The number of fused-ring (bicyclic) bond motifs is 1. The second-order valence-electron chi connectivity index (χ2n) is 11.1. The lowest BCUT2D eigenvalue weighted by Crippen LogP contribution is -2.47. The molecule has 0 aromatic heterocycles. The summed E-state index contributed by atoms with van der Waals surface area (Å²) in [4.78, 5) is 13.6. The van der Waals surface area contributed by atoms with Crippen LogP contribution in [-0.4, -0.2) is 61.2 Å². The molecule has 9 nitrogen and oxygen atoms in total. The molecule has 2 aromatic carbocycles. The molecule has 3 heterocycles. The highest BCUT2D eigenvalue weighted by Crippen LogP contribution is 2.46. The van der Waals surface area contributed by atoms with E-state index in [4.69, 9.17) is 14.6 Å². The van der Waals surface area contributed by atoms with E-state index in [1.807, 2.05) is 45.9 Å². The fourth-order valence-electron chi connectivity index (χ4n) is 5.57. The fraction of sp³-hybridized carbons (Fsp3) is 0.464. The van der Waals surface area contributed by atoms with Crippen molar-refractivity contribution in [3.63, 3.8) is 0 Å². The van der Waals surface area contributed by atoms with E-state index in [9.17, 15) is 18.5 Å². The topological polar surface area (TPSA) is 112 Å². The minimum absolute atomic E-state index is 0.0122. The molecule has 0 bridgehead atoms. The van der Waals surface area contributed by atoms with Gasteiger partial charge in [-0.15, -0.1) is 0 Å². The van der Waals surface area contributed by atoms with Crippen LogP contribution < -0.4 is 9.47 Å². The molecule has 0 spiro atoms. The van der Waals surface area contributed by atoms with E-state index in [1.165, 1.54) is 16.4 Å². The van der Waals surface area contributed by atoms with Crippen molar-refractivity contribution in [2.24, 2.45) is 10.5 Å². The van der Waals surface area contributed by atoms with E-state index in [1.54, 1.807) is 24.3 Å².